The number of aliphatic hydroxyl groups is 1. The summed E-state index contributed by atoms with van der Waals surface area (Å²) in [4.78, 5) is 181. The molecule has 1 unspecified atom stereocenters. The molecule has 2 fully saturated rings. The summed E-state index contributed by atoms with van der Waals surface area (Å²) in [5, 5.41) is 19.6. The minimum absolute atomic E-state index is 0.00139. The lowest BCUT2D eigenvalue weighted by Gasteiger charge is -2.48. The van der Waals surface area contributed by atoms with Gasteiger partial charge in [-0.3, -0.25) is 52.7 Å². The smallest absolute Gasteiger partial charge is 0.256 e. The molecule has 0 bridgehead atoms. The maximum atomic E-state index is 16.2. The van der Waals surface area contributed by atoms with Gasteiger partial charge in [-0.05, 0) is 140 Å². The second-order valence-corrected chi connectivity index (χ2v) is 32.4. The molecule has 1 saturated heterocycles. The molecule has 4 N–H and O–H groups in total. The van der Waals surface area contributed by atoms with E-state index in [0.29, 0.717) is 17.7 Å². The van der Waals surface area contributed by atoms with Crippen LogP contribution in [0.4, 0.5) is 0 Å². The summed E-state index contributed by atoms with van der Waals surface area (Å²) >= 11 is 1.25. The SMILES string of the molecule is C/C=C/C[C@@H](C)[C@@H](O)[C@H]1C(=O)N[C@@H](CC)C(=O)N(C)C(SCC2(N(C)C)CCC2)C(=O)N(C)[C@@H](CC(C)C)C(=O)N(Cc2ccccc2)[C@H](C(C)C)C(=O)N(C)[C@@H](CC(C)C)C(=O)N[C@@H](C)C(=O)N[C@H](C)C(=O)N(C)[C@@H](CC(C)C)C(=O)N(C)[C@@H](CC(C)C)C(=O)N(C)[C@@H](C(C)C)C(=O)N1C. The molecule has 2 aliphatic rings. The molecule has 1 heterocycles. The first-order valence-corrected chi connectivity index (χ1v) is 37.7. The summed E-state index contributed by atoms with van der Waals surface area (Å²) in [5.41, 5.74) is 0.341. The second kappa shape index (κ2) is 39.9. The van der Waals surface area contributed by atoms with E-state index >= 15 is 38.4 Å². The Morgan fingerprint density at radius 1 is 0.515 bits per heavy atom. The van der Waals surface area contributed by atoms with Gasteiger partial charge in [-0.2, -0.15) is 0 Å². The summed E-state index contributed by atoms with van der Waals surface area (Å²) < 4.78 is 0. The van der Waals surface area contributed by atoms with Crippen molar-refractivity contribution in [2.75, 3.05) is 69.2 Å². The highest BCUT2D eigenvalue weighted by Gasteiger charge is 2.49. The number of nitrogens with one attached hydrogen (secondary N) is 3. The monoisotopic (exact) mass is 1430 g/mol. The first-order valence-electron chi connectivity index (χ1n) is 36.7. The number of rotatable bonds is 21. The zero-order valence-corrected chi connectivity index (χ0v) is 67.0. The molecule has 1 aliphatic carbocycles. The fourth-order valence-electron chi connectivity index (χ4n) is 13.7. The standard InChI is InChI=1S/C76H130N12O12S/c1-27-29-34-51(15)63(89)62-66(92)79-55(28-2)68(94)87(26)75(101-44-76(80(18)19)37-33-38-76)74(100)84(23)59(42-48(9)10)71(97)88(43-54-35-31-30-32-36-54)61(50(13)14)73(99)81(20)56(39-45(3)4)65(91)77-52(16)64(90)78-53(17)67(93)82(21)57(40-46(5)6)69(95)83(22)58(41-47(7)8)70(96)85(24)60(49(11)12)72(98)86(62)25/h27,29-32,35-36,45-53,55-63,75,89H,28,33-34,37-44H2,1-26H3,(H,77,91)(H,78,90)(H,79,92)/b29-27+/t51-,52+,53-,55+,56+,57+,58+,59+,60+,61-,62+,63-,75?/m1/s1. The Kier molecular flexibility index (Phi) is 35.0. The number of likely N-dealkylation sites (N-methyl/N-ethyl adjacent to an activating group) is 7. The predicted molar refractivity (Wildman–Crippen MR) is 399 cm³/mol. The zero-order valence-electron chi connectivity index (χ0n) is 66.2. The molecule has 572 valence electrons. The molecule has 0 radical (unpaired) electrons. The van der Waals surface area contributed by atoms with Gasteiger partial charge < -0.3 is 65.2 Å². The van der Waals surface area contributed by atoms with Crippen molar-refractivity contribution in [3.05, 3.63) is 48.0 Å². The Balaban J connectivity index is 2.53. The van der Waals surface area contributed by atoms with E-state index in [0.717, 1.165) is 24.2 Å². The number of benzene rings is 1. The maximum absolute atomic E-state index is 16.2. The van der Waals surface area contributed by atoms with E-state index in [4.69, 9.17) is 0 Å². The summed E-state index contributed by atoms with van der Waals surface area (Å²) in [5.74, 6) is -9.36. The number of hydrogen-bond acceptors (Lipinski definition) is 14. The van der Waals surface area contributed by atoms with Crippen LogP contribution < -0.4 is 16.0 Å². The van der Waals surface area contributed by atoms with Crippen LogP contribution in [-0.2, 0) is 59.3 Å². The van der Waals surface area contributed by atoms with E-state index in [1.54, 1.807) is 47.6 Å². The van der Waals surface area contributed by atoms with E-state index in [9.17, 15) is 19.5 Å². The van der Waals surface area contributed by atoms with E-state index in [-0.39, 0.29) is 67.9 Å². The van der Waals surface area contributed by atoms with E-state index in [1.807, 2.05) is 113 Å². The normalized spacial score (nSPS) is 26.6. The average Bonchev–Trinajstić information content (AvgIpc) is 0.805. The molecule has 0 aromatic heterocycles. The molecule has 25 heteroatoms. The van der Waals surface area contributed by atoms with Crippen molar-refractivity contribution in [1.29, 1.82) is 0 Å². The lowest BCUT2D eigenvalue weighted by molar-refractivity contribution is -0.157. The third-order valence-corrected chi connectivity index (χ3v) is 21.9. The molecule has 3 rings (SSSR count). The Labute approximate surface area is 609 Å². The van der Waals surface area contributed by atoms with Gasteiger partial charge in [0.1, 0.15) is 60.4 Å². The number of nitrogens with zero attached hydrogens (tertiary/aromatic N) is 9. The highest BCUT2D eigenvalue weighted by Crippen LogP contribution is 2.41. The summed E-state index contributed by atoms with van der Waals surface area (Å²) in [6.45, 7) is 30.3. The molecule has 1 aliphatic heterocycles. The fourth-order valence-corrected chi connectivity index (χ4v) is 15.4. The molecule has 1 aromatic carbocycles. The highest BCUT2D eigenvalue weighted by atomic mass is 32.2. The molecular weight excluding hydrogens is 1300 g/mol. The van der Waals surface area contributed by atoms with E-state index < -0.39 is 155 Å². The van der Waals surface area contributed by atoms with Crippen LogP contribution in [0.5, 0.6) is 0 Å². The largest absolute Gasteiger partial charge is 0.390 e. The molecule has 1 saturated carbocycles. The van der Waals surface area contributed by atoms with Crippen LogP contribution in [-0.4, -0.2) is 261 Å². The third kappa shape index (κ3) is 23.2. The first kappa shape index (κ1) is 88.6. The van der Waals surface area contributed by atoms with Gasteiger partial charge in [-0.1, -0.05) is 139 Å². The Bertz CT molecular complexity index is 2980. The van der Waals surface area contributed by atoms with E-state index in [1.165, 1.54) is 109 Å². The van der Waals surface area contributed by atoms with Crippen molar-refractivity contribution in [2.24, 2.45) is 41.4 Å². The number of amides is 11. The molecule has 1 aromatic rings. The van der Waals surface area contributed by atoms with Crippen LogP contribution >= 0.6 is 11.8 Å². The van der Waals surface area contributed by atoms with Crippen LogP contribution in [0.15, 0.2) is 42.5 Å². The lowest BCUT2D eigenvalue weighted by Crippen LogP contribution is -2.64. The van der Waals surface area contributed by atoms with Gasteiger partial charge in [0.05, 0.1) is 6.10 Å². The van der Waals surface area contributed by atoms with Gasteiger partial charge in [0.15, 0.2) is 5.37 Å². The average molecular weight is 1440 g/mol. The fraction of sp³-hybridized carbons (Fsp3) is 0.750. The van der Waals surface area contributed by atoms with Crippen molar-refractivity contribution in [1.82, 2.24) is 60.0 Å². The summed E-state index contributed by atoms with van der Waals surface area (Å²) in [7, 11) is 14.2. The van der Waals surface area contributed by atoms with Gasteiger partial charge in [0.2, 0.25) is 59.1 Å². The Morgan fingerprint density at radius 3 is 1.41 bits per heavy atom. The van der Waals surface area contributed by atoms with Gasteiger partial charge in [0, 0.05) is 67.2 Å². The third-order valence-electron chi connectivity index (χ3n) is 20.4. The van der Waals surface area contributed by atoms with Crippen molar-refractivity contribution >= 4 is 76.7 Å². The van der Waals surface area contributed by atoms with Crippen LogP contribution in [0.25, 0.3) is 0 Å². The summed E-state index contributed by atoms with van der Waals surface area (Å²) in [6.07, 6.45) is 5.53. The number of carbonyl (C=O) groups is 11. The number of aliphatic hydroxyl groups excluding tert-OH is 1. The van der Waals surface area contributed by atoms with Gasteiger partial charge in [-0.25, -0.2) is 0 Å². The number of thioether (sulfide) groups is 1. The van der Waals surface area contributed by atoms with E-state index in [2.05, 4.69) is 20.9 Å². The van der Waals surface area contributed by atoms with Crippen molar-refractivity contribution in [3.63, 3.8) is 0 Å². The Morgan fingerprint density at radius 2 is 0.950 bits per heavy atom. The number of hydrogen-bond donors (Lipinski definition) is 4. The molecule has 24 nitrogen and oxygen atoms in total. The van der Waals surface area contributed by atoms with Crippen molar-refractivity contribution in [3.8, 4) is 0 Å². The molecule has 101 heavy (non-hydrogen) atoms. The molecule has 0 spiro atoms. The van der Waals surface area contributed by atoms with Gasteiger partial charge in [0.25, 0.3) is 5.91 Å². The lowest BCUT2D eigenvalue weighted by atomic mass is 9.77. The van der Waals surface area contributed by atoms with Crippen LogP contribution in [0.1, 0.15) is 181 Å². The first-order chi connectivity index (χ1) is 47.0. The molecule has 13 atom stereocenters. The quantitative estimate of drug-likeness (QED) is 0.0931. The minimum atomic E-state index is -1.65. The van der Waals surface area contributed by atoms with Crippen LogP contribution in [0.2, 0.25) is 0 Å². The zero-order chi connectivity index (χ0) is 77.2. The molecule has 11 amide bonds. The summed E-state index contributed by atoms with van der Waals surface area (Å²) in [6, 6.07) is -3.59. The number of carbonyl (C=O) groups excluding carboxylic acids is 11. The van der Waals surface area contributed by atoms with Gasteiger partial charge in [-0.15, -0.1) is 11.8 Å². The molecular formula is C76H130N12O12S. The topological polar surface area (TPSA) is 273 Å². The maximum Gasteiger partial charge on any atom is 0.256 e. The number of allylic oxidation sites excluding steroid dienone is 2. The minimum Gasteiger partial charge on any atom is -0.390 e. The van der Waals surface area contributed by atoms with Crippen molar-refractivity contribution in [2.45, 2.75) is 259 Å². The Hall–Kier alpha value is -6.60. The second-order valence-electron chi connectivity index (χ2n) is 31.3. The predicted octanol–water partition coefficient (Wildman–Crippen LogP) is 6.73. The van der Waals surface area contributed by atoms with Crippen molar-refractivity contribution < 1.29 is 57.8 Å². The van der Waals surface area contributed by atoms with Crippen LogP contribution in [0.3, 0.4) is 0 Å². The van der Waals surface area contributed by atoms with Crippen LogP contribution in [0, 0.1) is 41.4 Å². The van der Waals surface area contributed by atoms with Gasteiger partial charge >= 0.3 is 0 Å². The highest BCUT2D eigenvalue weighted by molar-refractivity contribution is 8.00.